The molecule has 1 N–H and O–H groups in total. The molecule has 0 unspecified atom stereocenters. The van der Waals surface area contributed by atoms with Gasteiger partial charge >= 0.3 is 0 Å². The fraction of sp³-hybridized carbons (Fsp3) is 0.750. The summed E-state index contributed by atoms with van der Waals surface area (Å²) in [4.78, 5) is 16.7. The number of Topliss-reactive ketones (excluding diaryl/α,β-unsaturated/α-hetero) is 1. The summed E-state index contributed by atoms with van der Waals surface area (Å²) < 4.78 is 2.13. The first-order valence-corrected chi connectivity index (χ1v) is 7.44. The monoisotopic (exact) mass is 279 g/mol. The Labute approximate surface area is 123 Å². The lowest BCUT2D eigenvalue weighted by Gasteiger charge is -2.29. The van der Waals surface area contributed by atoms with Gasteiger partial charge in [-0.05, 0) is 34.6 Å². The first-order chi connectivity index (χ1) is 9.11. The van der Waals surface area contributed by atoms with Crippen molar-refractivity contribution in [1.82, 2.24) is 14.9 Å². The van der Waals surface area contributed by atoms with Crippen LogP contribution in [0.1, 0.15) is 60.2 Å². The third-order valence-electron chi connectivity index (χ3n) is 3.24. The van der Waals surface area contributed by atoms with E-state index in [1.54, 1.807) is 0 Å². The maximum atomic E-state index is 12.4. The predicted molar refractivity (Wildman–Crippen MR) is 82.8 cm³/mol. The van der Waals surface area contributed by atoms with E-state index in [0.717, 1.165) is 5.69 Å². The van der Waals surface area contributed by atoms with Crippen molar-refractivity contribution in [2.24, 2.45) is 5.92 Å². The summed E-state index contributed by atoms with van der Waals surface area (Å²) in [5, 5.41) is 3.45. The zero-order valence-corrected chi connectivity index (χ0v) is 13.9. The Hall–Kier alpha value is -1.16. The minimum atomic E-state index is -0.163. The summed E-state index contributed by atoms with van der Waals surface area (Å²) in [7, 11) is 0. The Morgan fingerprint density at radius 1 is 1.30 bits per heavy atom. The molecule has 0 amide bonds. The van der Waals surface area contributed by atoms with Gasteiger partial charge in [0.1, 0.15) is 0 Å². The summed E-state index contributed by atoms with van der Waals surface area (Å²) in [6, 6.07) is 0.195. The highest BCUT2D eigenvalue weighted by Gasteiger charge is 2.26. The number of carbonyl (C=O) groups excluding carboxylic acids is 1. The van der Waals surface area contributed by atoms with E-state index in [9.17, 15) is 4.79 Å². The van der Waals surface area contributed by atoms with Crippen LogP contribution in [-0.4, -0.2) is 26.9 Å². The quantitative estimate of drug-likeness (QED) is 0.871. The molecular weight excluding hydrogens is 250 g/mol. The Morgan fingerprint density at radius 3 is 2.35 bits per heavy atom. The molecule has 0 bridgehead atoms. The predicted octanol–water partition coefficient (Wildman–Crippen LogP) is 2.99. The van der Waals surface area contributed by atoms with Gasteiger partial charge in [-0.3, -0.25) is 4.79 Å². The van der Waals surface area contributed by atoms with Gasteiger partial charge in [-0.2, -0.15) is 0 Å². The van der Waals surface area contributed by atoms with E-state index in [-0.39, 0.29) is 23.3 Å². The van der Waals surface area contributed by atoms with Crippen molar-refractivity contribution in [3.63, 3.8) is 0 Å². The van der Waals surface area contributed by atoms with Gasteiger partial charge in [0, 0.05) is 35.8 Å². The number of ketones is 1. The zero-order valence-electron chi connectivity index (χ0n) is 13.9. The minimum absolute atomic E-state index is 0.0327. The van der Waals surface area contributed by atoms with Crippen molar-refractivity contribution < 1.29 is 4.79 Å². The molecule has 0 aliphatic rings. The summed E-state index contributed by atoms with van der Waals surface area (Å²) in [6.07, 6.45) is 4.39. The molecule has 1 aromatic rings. The highest BCUT2D eigenvalue weighted by Crippen LogP contribution is 2.15. The van der Waals surface area contributed by atoms with Crippen molar-refractivity contribution in [2.45, 2.75) is 72.5 Å². The number of aromatic nitrogens is 2. The lowest BCUT2D eigenvalue weighted by Crippen LogP contribution is -2.50. The second-order valence-electron chi connectivity index (χ2n) is 7.09. The molecule has 0 fully saturated rings. The number of nitrogens with one attached hydrogen (secondary N) is 1. The summed E-state index contributed by atoms with van der Waals surface area (Å²) in [5.74, 6) is 0.293. The van der Waals surface area contributed by atoms with Gasteiger partial charge < -0.3 is 9.88 Å². The van der Waals surface area contributed by atoms with Gasteiger partial charge in [0.2, 0.25) is 0 Å². The standard InChI is InChI=1S/C16H29N3O/c1-11(2)15(20)14(18-16(5,6)7)8-13-9-17-10-19(13)12(3)4/h9-12,14,18H,8H2,1-7H3/t14-/m0/s1. The van der Waals surface area contributed by atoms with Crippen LogP contribution in [0.5, 0.6) is 0 Å². The highest BCUT2D eigenvalue weighted by molar-refractivity contribution is 5.86. The van der Waals surface area contributed by atoms with E-state index in [4.69, 9.17) is 0 Å². The Kier molecular flexibility index (Phi) is 5.51. The fourth-order valence-electron chi connectivity index (χ4n) is 2.31. The van der Waals surface area contributed by atoms with Crippen LogP contribution in [0.25, 0.3) is 0 Å². The Bertz CT molecular complexity index is 441. The lowest BCUT2D eigenvalue weighted by molar-refractivity contribution is -0.124. The molecule has 1 rings (SSSR count). The molecule has 0 spiro atoms. The molecule has 0 saturated carbocycles. The van der Waals surface area contributed by atoms with Crippen LogP contribution in [0.3, 0.4) is 0 Å². The molecule has 4 nitrogen and oxygen atoms in total. The maximum absolute atomic E-state index is 12.4. The zero-order chi connectivity index (χ0) is 15.5. The second kappa shape index (κ2) is 6.53. The van der Waals surface area contributed by atoms with E-state index >= 15 is 0 Å². The molecule has 20 heavy (non-hydrogen) atoms. The molecule has 0 radical (unpaired) electrons. The average molecular weight is 279 g/mol. The molecular formula is C16H29N3O. The average Bonchev–Trinajstić information content (AvgIpc) is 2.73. The number of hydrogen-bond acceptors (Lipinski definition) is 3. The molecule has 1 atom stereocenters. The van der Waals surface area contributed by atoms with Crippen LogP contribution >= 0.6 is 0 Å². The molecule has 0 aliphatic heterocycles. The van der Waals surface area contributed by atoms with Crippen LogP contribution in [0.15, 0.2) is 12.5 Å². The van der Waals surface area contributed by atoms with Gasteiger partial charge in [-0.15, -0.1) is 0 Å². The number of nitrogens with zero attached hydrogens (tertiary/aromatic N) is 2. The van der Waals surface area contributed by atoms with Crippen LogP contribution in [0, 0.1) is 5.92 Å². The van der Waals surface area contributed by atoms with E-state index < -0.39 is 0 Å². The third kappa shape index (κ3) is 4.75. The molecule has 0 saturated heterocycles. The number of rotatable bonds is 6. The highest BCUT2D eigenvalue weighted by atomic mass is 16.1. The summed E-state index contributed by atoms with van der Waals surface area (Å²) in [5.41, 5.74) is 1.02. The number of carbonyl (C=O) groups is 1. The molecule has 1 aromatic heterocycles. The van der Waals surface area contributed by atoms with E-state index in [1.165, 1.54) is 0 Å². The van der Waals surface area contributed by atoms with Crippen molar-refractivity contribution in [3.8, 4) is 0 Å². The molecule has 0 aliphatic carbocycles. The fourth-order valence-corrected chi connectivity index (χ4v) is 2.31. The number of imidazole rings is 1. The molecule has 1 heterocycles. The topological polar surface area (TPSA) is 46.9 Å². The van der Waals surface area contributed by atoms with Crippen molar-refractivity contribution in [3.05, 3.63) is 18.2 Å². The maximum Gasteiger partial charge on any atom is 0.152 e. The van der Waals surface area contributed by atoms with E-state index in [1.807, 2.05) is 26.4 Å². The molecule has 4 heteroatoms. The van der Waals surface area contributed by atoms with Gasteiger partial charge in [-0.25, -0.2) is 4.98 Å². The van der Waals surface area contributed by atoms with Crippen LogP contribution < -0.4 is 5.32 Å². The first-order valence-electron chi connectivity index (χ1n) is 7.44. The van der Waals surface area contributed by atoms with Gasteiger partial charge in [0.15, 0.2) is 5.78 Å². The molecule has 0 aromatic carbocycles. The van der Waals surface area contributed by atoms with Gasteiger partial charge in [-0.1, -0.05) is 13.8 Å². The second-order valence-corrected chi connectivity index (χ2v) is 7.09. The summed E-state index contributed by atoms with van der Waals surface area (Å²) >= 11 is 0. The summed E-state index contributed by atoms with van der Waals surface area (Å²) in [6.45, 7) is 14.4. The van der Waals surface area contributed by atoms with Gasteiger partial charge in [0.25, 0.3) is 0 Å². The Morgan fingerprint density at radius 2 is 1.90 bits per heavy atom. The van der Waals surface area contributed by atoms with Crippen LogP contribution in [-0.2, 0) is 11.2 Å². The SMILES string of the molecule is CC(C)C(=O)[C@H](Cc1cncn1C(C)C)NC(C)(C)C. The minimum Gasteiger partial charge on any atom is -0.332 e. The third-order valence-corrected chi connectivity index (χ3v) is 3.24. The largest absolute Gasteiger partial charge is 0.332 e. The first kappa shape index (κ1) is 16.9. The van der Waals surface area contributed by atoms with E-state index in [2.05, 4.69) is 49.5 Å². The van der Waals surface area contributed by atoms with Crippen molar-refractivity contribution in [1.29, 1.82) is 0 Å². The van der Waals surface area contributed by atoms with Crippen molar-refractivity contribution >= 4 is 5.78 Å². The van der Waals surface area contributed by atoms with Crippen LogP contribution in [0.2, 0.25) is 0 Å². The van der Waals surface area contributed by atoms with Crippen LogP contribution in [0.4, 0.5) is 0 Å². The Balaban J connectivity index is 2.94. The normalized spacial score (nSPS) is 14.1. The lowest BCUT2D eigenvalue weighted by atomic mass is 9.95. The smallest absolute Gasteiger partial charge is 0.152 e. The number of hydrogen-bond donors (Lipinski definition) is 1. The van der Waals surface area contributed by atoms with Gasteiger partial charge in [0.05, 0.1) is 12.4 Å². The molecule has 114 valence electrons. The van der Waals surface area contributed by atoms with Crippen molar-refractivity contribution in [2.75, 3.05) is 0 Å². The van der Waals surface area contributed by atoms with E-state index in [0.29, 0.717) is 12.5 Å².